The molecule has 0 saturated carbocycles. The highest BCUT2D eigenvalue weighted by Crippen LogP contribution is 2.25. The number of hydrogen-bond acceptors (Lipinski definition) is 4. The predicted molar refractivity (Wildman–Crippen MR) is 87.9 cm³/mol. The number of aliphatic hydroxyl groups is 1. The first kappa shape index (κ1) is 14.9. The molecule has 3 heterocycles. The van der Waals surface area contributed by atoms with E-state index in [1.54, 1.807) is 0 Å². The SMILES string of the molecule is OCc1cccc(-c2nc3c([nH]2)CN(C[C@H]2CCOC2)CC3)c1. The van der Waals surface area contributed by atoms with Gasteiger partial charge in [-0.2, -0.15) is 0 Å². The third kappa shape index (κ3) is 3.17. The van der Waals surface area contributed by atoms with Crippen molar-refractivity contribution in [2.45, 2.75) is 26.0 Å². The lowest BCUT2D eigenvalue weighted by molar-refractivity contribution is 0.161. The Hall–Kier alpha value is -1.69. The second-order valence-corrected chi connectivity index (χ2v) is 6.58. The van der Waals surface area contributed by atoms with Crippen molar-refractivity contribution in [1.82, 2.24) is 14.9 Å². The van der Waals surface area contributed by atoms with Gasteiger partial charge in [-0.1, -0.05) is 18.2 Å². The number of fused-ring (bicyclic) bond motifs is 1. The van der Waals surface area contributed by atoms with E-state index in [4.69, 9.17) is 9.72 Å². The maximum atomic E-state index is 9.29. The molecule has 0 bridgehead atoms. The van der Waals surface area contributed by atoms with Gasteiger partial charge in [0.1, 0.15) is 5.82 Å². The van der Waals surface area contributed by atoms with Crippen LogP contribution in [0.25, 0.3) is 11.4 Å². The van der Waals surface area contributed by atoms with Crippen molar-refractivity contribution in [2.75, 3.05) is 26.3 Å². The second-order valence-electron chi connectivity index (χ2n) is 6.58. The van der Waals surface area contributed by atoms with Crippen LogP contribution in [0.15, 0.2) is 24.3 Å². The number of rotatable bonds is 4. The lowest BCUT2D eigenvalue weighted by atomic mass is 10.1. The van der Waals surface area contributed by atoms with E-state index in [9.17, 15) is 5.11 Å². The Labute approximate surface area is 136 Å². The fourth-order valence-corrected chi connectivity index (χ4v) is 3.55. The van der Waals surface area contributed by atoms with Crippen LogP contribution in [0.1, 0.15) is 23.4 Å². The molecule has 1 saturated heterocycles. The zero-order chi connectivity index (χ0) is 15.6. The van der Waals surface area contributed by atoms with E-state index >= 15 is 0 Å². The van der Waals surface area contributed by atoms with Crippen molar-refractivity contribution in [3.63, 3.8) is 0 Å². The number of H-pyrrole nitrogens is 1. The summed E-state index contributed by atoms with van der Waals surface area (Å²) in [6, 6.07) is 7.93. The Kier molecular flexibility index (Phi) is 4.16. The van der Waals surface area contributed by atoms with Gasteiger partial charge >= 0.3 is 0 Å². The van der Waals surface area contributed by atoms with Gasteiger partial charge in [0.15, 0.2) is 0 Å². The van der Waals surface area contributed by atoms with E-state index in [1.165, 1.54) is 17.8 Å². The fourth-order valence-electron chi connectivity index (χ4n) is 3.55. The standard InChI is InChI=1S/C18H23N3O2/c22-11-13-2-1-3-15(8-13)18-19-16-4-6-21(10-17(16)20-18)9-14-5-7-23-12-14/h1-3,8,14,22H,4-7,9-12H2,(H,19,20)/t14-/m1/s1. The minimum absolute atomic E-state index is 0.0610. The normalized spacial score (nSPS) is 21.5. The van der Waals surface area contributed by atoms with Gasteiger partial charge in [-0.25, -0.2) is 4.98 Å². The predicted octanol–water partition coefficient (Wildman–Crippen LogP) is 1.96. The van der Waals surface area contributed by atoms with Gasteiger partial charge in [0.2, 0.25) is 0 Å². The number of benzene rings is 1. The number of nitrogens with one attached hydrogen (secondary N) is 1. The third-order valence-corrected chi connectivity index (χ3v) is 4.83. The molecule has 1 aromatic carbocycles. The largest absolute Gasteiger partial charge is 0.392 e. The number of aromatic amines is 1. The van der Waals surface area contributed by atoms with Gasteiger partial charge < -0.3 is 14.8 Å². The van der Waals surface area contributed by atoms with E-state index in [1.807, 2.05) is 24.3 Å². The Balaban J connectivity index is 1.50. The van der Waals surface area contributed by atoms with Gasteiger partial charge in [-0.3, -0.25) is 4.90 Å². The van der Waals surface area contributed by atoms with Crippen LogP contribution in [0, 0.1) is 5.92 Å². The lowest BCUT2D eigenvalue weighted by Crippen LogP contribution is -2.34. The molecule has 4 rings (SSSR count). The quantitative estimate of drug-likeness (QED) is 0.906. The molecule has 0 unspecified atom stereocenters. The number of nitrogens with zero attached hydrogens (tertiary/aromatic N) is 2. The zero-order valence-corrected chi connectivity index (χ0v) is 13.3. The van der Waals surface area contributed by atoms with E-state index in [-0.39, 0.29) is 6.61 Å². The molecule has 1 fully saturated rings. The van der Waals surface area contributed by atoms with Crippen LogP contribution in [-0.4, -0.2) is 46.3 Å². The minimum Gasteiger partial charge on any atom is -0.392 e. The molecular weight excluding hydrogens is 290 g/mol. The van der Waals surface area contributed by atoms with Crippen LogP contribution in [0.3, 0.4) is 0 Å². The molecule has 0 aliphatic carbocycles. The first-order chi connectivity index (χ1) is 11.3. The molecule has 0 spiro atoms. The van der Waals surface area contributed by atoms with Gasteiger partial charge in [-0.05, 0) is 24.0 Å². The van der Waals surface area contributed by atoms with Crippen LogP contribution in [0.5, 0.6) is 0 Å². The monoisotopic (exact) mass is 313 g/mol. The van der Waals surface area contributed by atoms with Crippen LogP contribution in [0.4, 0.5) is 0 Å². The summed E-state index contributed by atoms with van der Waals surface area (Å²) >= 11 is 0. The van der Waals surface area contributed by atoms with Crippen molar-refractivity contribution in [1.29, 1.82) is 0 Å². The van der Waals surface area contributed by atoms with Crippen molar-refractivity contribution in [2.24, 2.45) is 5.92 Å². The average molecular weight is 313 g/mol. The fraction of sp³-hybridized carbons (Fsp3) is 0.500. The Morgan fingerprint density at radius 3 is 3.17 bits per heavy atom. The number of ether oxygens (including phenoxy) is 1. The van der Waals surface area contributed by atoms with Gasteiger partial charge in [-0.15, -0.1) is 0 Å². The number of aromatic nitrogens is 2. The molecule has 122 valence electrons. The topological polar surface area (TPSA) is 61.4 Å². The summed E-state index contributed by atoms with van der Waals surface area (Å²) in [5.41, 5.74) is 4.38. The molecule has 5 heteroatoms. The summed E-state index contributed by atoms with van der Waals surface area (Å²) in [6.45, 7) is 5.02. The van der Waals surface area contributed by atoms with Crippen LogP contribution in [0.2, 0.25) is 0 Å². The average Bonchev–Trinajstić information content (AvgIpc) is 3.24. The molecule has 0 amide bonds. The molecule has 23 heavy (non-hydrogen) atoms. The first-order valence-electron chi connectivity index (χ1n) is 8.40. The van der Waals surface area contributed by atoms with Crippen molar-refractivity contribution in [3.8, 4) is 11.4 Å². The Morgan fingerprint density at radius 2 is 2.35 bits per heavy atom. The van der Waals surface area contributed by atoms with Crippen LogP contribution < -0.4 is 0 Å². The van der Waals surface area contributed by atoms with E-state index in [2.05, 4.69) is 9.88 Å². The summed E-state index contributed by atoms with van der Waals surface area (Å²) in [4.78, 5) is 10.8. The highest BCUT2D eigenvalue weighted by molar-refractivity contribution is 5.57. The molecule has 0 radical (unpaired) electrons. The second kappa shape index (κ2) is 6.43. The molecular formula is C18H23N3O2. The smallest absolute Gasteiger partial charge is 0.137 e. The summed E-state index contributed by atoms with van der Waals surface area (Å²) in [7, 11) is 0. The van der Waals surface area contributed by atoms with Crippen molar-refractivity contribution < 1.29 is 9.84 Å². The van der Waals surface area contributed by atoms with Crippen LogP contribution in [-0.2, 0) is 24.3 Å². The summed E-state index contributed by atoms with van der Waals surface area (Å²) < 4.78 is 5.48. The number of imidazole rings is 1. The molecule has 2 aliphatic heterocycles. The lowest BCUT2D eigenvalue weighted by Gasteiger charge is -2.27. The van der Waals surface area contributed by atoms with Crippen LogP contribution >= 0.6 is 0 Å². The zero-order valence-electron chi connectivity index (χ0n) is 13.3. The number of hydrogen-bond donors (Lipinski definition) is 2. The summed E-state index contributed by atoms with van der Waals surface area (Å²) in [5, 5.41) is 9.29. The Morgan fingerprint density at radius 1 is 1.39 bits per heavy atom. The summed E-state index contributed by atoms with van der Waals surface area (Å²) in [6.07, 6.45) is 2.19. The minimum atomic E-state index is 0.0610. The molecule has 2 aromatic rings. The third-order valence-electron chi connectivity index (χ3n) is 4.83. The molecule has 2 aliphatic rings. The highest BCUT2D eigenvalue weighted by Gasteiger charge is 2.24. The first-order valence-corrected chi connectivity index (χ1v) is 8.40. The van der Waals surface area contributed by atoms with Gasteiger partial charge in [0, 0.05) is 38.2 Å². The van der Waals surface area contributed by atoms with Gasteiger partial charge in [0.25, 0.3) is 0 Å². The number of aliphatic hydroxyl groups excluding tert-OH is 1. The van der Waals surface area contributed by atoms with E-state index in [0.29, 0.717) is 5.92 Å². The molecule has 1 aromatic heterocycles. The molecule has 1 atom stereocenters. The summed E-state index contributed by atoms with van der Waals surface area (Å²) in [5.74, 6) is 1.59. The maximum absolute atomic E-state index is 9.29. The Bertz CT molecular complexity index is 677. The molecule has 5 nitrogen and oxygen atoms in total. The van der Waals surface area contributed by atoms with Crippen molar-refractivity contribution >= 4 is 0 Å². The van der Waals surface area contributed by atoms with E-state index < -0.39 is 0 Å². The highest BCUT2D eigenvalue weighted by atomic mass is 16.5. The maximum Gasteiger partial charge on any atom is 0.137 e. The van der Waals surface area contributed by atoms with Gasteiger partial charge in [0.05, 0.1) is 24.6 Å². The van der Waals surface area contributed by atoms with E-state index in [0.717, 1.165) is 56.2 Å². The molecule has 2 N–H and O–H groups in total. The van der Waals surface area contributed by atoms with Crippen molar-refractivity contribution in [3.05, 3.63) is 41.2 Å².